The molecule has 0 radical (unpaired) electrons. The summed E-state index contributed by atoms with van der Waals surface area (Å²) >= 11 is 8.04. The molecule has 31 heavy (non-hydrogen) atoms. The monoisotopic (exact) mass is 480 g/mol. The number of rotatable bonds is 6. The smallest absolute Gasteiger partial charge is 0.238 e. The van der Waals surface area contributed by atoms with Crippen molar-refractivity contribution in [2.75, 3.05) is 24.5 Å². The lowest BCUT2D eigenvalue weighted by Crippen LogP contribution is -2.51. The molecular weight excluding hydrogens is 456 g/mol. The predicted octanol–water partition coefficient (Wildman–Crippen LogP) is 2.62. The molecule has 7 nitrogen and oxygen atoms in total. The van der Waals surface area contributed by atoms with Gasteiger partial charge in [0.15, 0.2) is 0 Å². The summed E-state index contributed by atoms with van der Waals surface area (Å²) in [6.45, 7) is 2.27. The van der Waals surface area contributed by atoms with Crippen LogP contribution in [0.15, 0.2) is 52.3 Å². The summed E-state index contributed by atoms with van der Waals surface area (Å²) in [6, 6.07) is 12.6. The van der Waals surface area contributed by atoms with Crippen molar-refractivity contribution in [3.05, 3.63) is 53.1 Å². The average molecular weight is 481 g/mol. The quantitative estimate of drug-likeness (QED) is 0.657. The highest BCUT2D eigenvalue weighted by atomic mass is 35.5. The molecule has 1 saturated heterocycles. The minimum absolute atomic E-state index is 0.0549. The Balaban J connectivity index is 1.54. The van der Waals surface area contributed by atoms with E-state index < -0.39 is 10.0 Å². The average Bonchev–Trinajstić information content (AvgIpc) is 3.09. The van der Waals surface area contributed by atoms with Gasteiger partial charge in [-0.1, -0.05) is 35.5 Å². The van der Waals surface area contributed by atoms with E-state index in [1.165, 1.54) is 12.1 Å². The minimum atomic E-state index is -3.70. The maximum Gasteiger partial charge on any atom is 0.238 e. The molecule has 166 valence electrons. The summed E-state index contributed by atoms with van der Waals surface area (Å²) in [4.78, 5) is 17.7. The zero-order chi connectivity index (χ0) is 22.2. The molecule has 10 heteroatoms. The van der Waals surface area contributed by atoms with Crippen molar-refractivity contribution in [3.8, 4) is 0 Å². The molecule has 2 heterocycles. The number of hydrogen-bond acceptors (Lipinski definition) is 6. The van der Waals surface area contributed by atoms with Gasteiger partial charge >= 0.3 is 0 Å². The second-order valence-electron chi connectivity index (χ2n) is 7.92. The first-order valence-corrected chi connectivity index (χ1v) is 12.9. The van der Waals surface area contributed by atoms with Gasteiger partial charge in [-0.25, -0.2) is 13.6 Å². The van der Waals surface area contributed by atoms with Crippen LogP contribution < -0.4 is 15.8 Å². The third-order valence-electron chi connectivity index (χ3n) is 5.79. The largest absolute Gasteiger partial charge is 0.369 e. The Bertz CT molecular complexity index is 1080. The highest BCUT2D eigenvalue weighted by Gasteiger charge is 2.37. The molecule has 2 unspecified atom stereocenters. The first-order valence-electron chi connectivity index (χ1n) is 10.1. The fourth-order valence-corrected chi connectivity index (χ4v) is 6.19. The molecule has 0 spiro atoms. The Kier molecular flexibility index (Phi) is 6.50. The summed E-state index contributed by atoms with van der Waals surface area (Å²) in [5, 5.41) is 5.87. The molecule has 2 aromatic rings. The number of halogens is 1. The maximum atomic E-state index is 11.8. The van der Waals surface area contributed by atoms with Gasteiger partial charge in [0.1, 0.15) is 5.50 Å². The van der Waals surface area contributed by atoms with Gasteiger partial charge in [-0.15, -0.1) is 0 Å². The molecule has 1 amide bonds. The number of amides is 1. The van der Waals surface area contributed by atoms with Gasteiger partial charge in [0, 0.05) is 29.6 Å². The van der Waals surface area contributed by atoms with Crippen LogP contribution in [0, 0.1) is 5.92 Å². The van der Waals surface area contributed by atoms with Crippen LogP contribution in [-0.2, 0) is 21.2 Å². The molecule has 2 aliphatic rings. The standard InChI is InChI=1S/C21H25ClN4O3S2/c22-16-5-8-19-18(12-16)26(11-9-14-3-6-17(7-4-14)31(24,28)29)21(30-19)25-10-1-2-15(13-25)20(23)27/h3-8,12,15,21H,1-2,9-11,13H2,(H2,23,27)(H2,24,28,29). The van der Waals surface area contributed by atoms with E-state index in [0.29, 0.717) is 11.6 Å². The van der Waals surface area contributed by atoms with Gasteiger partial charge in [0.2, 0.25) is 15.9 Å². The lowest BCUT2D eigenvalue weighted by atomic mass is 9.98. The number of fused-ring (bicyclic) bond motifs is 1. The van der Waals surface area contributed by atoms with E-state index in [0.717, 1.165) is 48.5 Å². The zero-order valence-corrected chi connectivity index (χ0v) is 19.3. The van der Waals surface area contributed by atoms with Crippen LogP contribution in [0.25, 0.3) is 0 Å². The van der Waals surface area contributed by atoms with E-state index in [-0.39, 0.29) is 22.2 Å². The van der Waals surface area contributed by atoms with E-state index in [9.17, 15) is 13.2 Å². The lowest BCUT2D eigenvalue weighted by Gasteiger charge is -2.40. The number of primary amides is 1. The summed E-state index contributed by atoms with van der Waals surface area (Å²) < 4.78 is 23.0. The number of piperidine rings is 1. The van der Waals surface area contributed by atoms with Crippen molar-refractivity contribution in [1.29, 1.82) is 0 Å². The highest BCUT2D eigenvalue weighted by Crippen LogP contribution is 2.46. The molecular formula is C21H25ClN4O3S2. The number of hydrogen-bond donors (Lipinski definition) is 2. The first kappa shape index (κ1) is 22.4. The second-order valence-corrected chi connectivity index (χ2v) is 11.0. The Morgan fingerprint density at radius 2 is 1.94 bits per heavy atom. The molecule has 0 aliphatic carbocycles. The normalized spacial score (nSPS) is 21.8. The number of thioether (sulfide) groups is 1. The van der Waals surface area contributed by atoms with Crippen LogP contribution in [0.3, 0.4) is 0 Å². The number of carbonyl (C=O) groups excluding carboxylic acids is 1. The van der Waals surface area contributed by atoms with E-state index in [1.54, 1.807) is 23.9 Å². The Labute approximate surface area is 191 Å². The van der Waals surface area contributed by atoms with Gasteiger partial charge < -0.3 is 10.6 Å². The highest BCUT2D eigenvalue weighted by molar-refractivity contribution is 8.00. The van der Waals surface area contributed by atoms with Crippen molar-refractivity contribution in [3.63, 3.8) is 0 Å². The number of benzene rings is 2. The van der Waals surface area contributed by atoms with Crippen LogP contribution in [-0.4, -0.2) is 44.4 Å². The number of nitrogens with two attached hydrogens (primary N) is 2. The number of likely N-dealkylation sites (tertiary alicyclic amines) is 1. The maximum absolute atomic E-state index is 11.8. The molecule has 2 aromatic carbocycles. The van der Waals surface area contributed by atoms with Crippen LogP contribution in [0.1, 0.15) is 18.4 Å². The molecule has 0 saturated carbocycles. The van der Waals surface area contributed by atoms with Gasteiger partial charge in [-0.2, -0.15) is 0 Å². The molecule has 0 aromatic heterocycles. The van der Waals surface area contributed by atoms with E-state index in [2.05, 4.69) is 9.80 Å². The van der Waals surface area contributed by atoms with Crippen LogP contribution in [0.4, 0.5) is 5.69 Å². The van der Waals surface area contributed by atoms with E-state index >= 15 is 0 Å². The summed E-state index contributed by atoms with van der Waals surface area (Å²) in [5.41, 5.74) is 7.73. The molecule has 2 aliphatic heterocycles. The van der Waals surface area contributed by atoms with E-state index in [4.69, 9.17) is 22.5 Å². The Hall–Kier alpha value is -1.78. The first-order chi connectivity index (χ1) is 14.7. The SMILES string of the molecule is NC(=O)C1CCCN(C2Sc3ccc(Cl)cc3N2CCc2ccc(S(N)(=O)=O)cc2)C1. The number of carbonyl (C=O) groups is 1. The van der Waals surface area contributed by atoms with Crippen LogP contribution >= 0.6 is 23.4 Å². The predicted molar refractivity (Wildman–Crippen MR) is 123 cm³/mol. The van der Waals surface area contributed by atoms with Gasteiger partial charge in [0.25, 0.3) is 0 Å². The van der Waals surface area contributed by atoms with Gasteiger partial charge in [-0.3, -0.25) is 9.69 Å². The van der Waals surface area contributed by atoms with Crippen molar-refractivity contribution in [1.82, 2.24) is 4.90 Å². The van der Waals surface area contributed by atoms with Crippen molar-refractivity contribution in [2.45, 2.75) is 34.6 Å². The zero-order valence-electron chi connectivity index (χ0n) is 16.9. The van der Waals surface area contributed by atoms with Crippen molar-refractivity contribution in [2.24, 2.45) is 16.8 Å². The van der Waals surface area contributed by atoms with Crippen LogP contribution in [0.2, 0.25) is 5.02 Å². The Morgan fingerprint density at radius 1 is 1.19 bits per heavy atom. The van der Waals surface area contributed by atoms with Gasteiger partial charge in [0.05, 0.1) is 16.5 Å². The van der Waals surface area contributed by atoms with Crippen LogP contribution in [0.5, 0.6) is 0 Å². The van der Waals surface area contributed by atoms with E-state index in [1.807, 2.05) is 18.2 Å². The summed E-state index contributed by atoms with van der Waals surface area (Å²) in [7, 11) is -3.70. The van der Waals surface area contributed by atoms with Crippen molar-refractivity contribution < 1.29 is 13.2 Å². The third-order valence-corrected chi connectivity index (χ3v) is 8.32. The topological polar surface area (TPSA) is 110 Å². The molecule has 2 atom stereocenters. The molecule has 4 N–H and O–H groups in total. The van der Waals surface area contributed by atoms with Crippen molar-refractivity contribution >= 4 is 45.0 Å². The number of sulfonamides is 1. The third kappa shape index (κ3) is 5.01. The number of primary sulfonamides is 1. The molecule has 1 fully saturated rings. The molecule has 0 bridgehead atoms. The Morgan fingerprint density at radius 3 is 2.61 bits per heavy atom. The number of anilines is 1. The summed E-state index contributed by atoms with van der Waals surface area (Å²) in [6.07, 6.45) is 2.49. The summed E-state index contributed by atoms with van der Waals surface area (Å²) in [5.74, 6) is -0.371. The lowest BCUT2D eigenvalue weighted by molar-refractivity contribution is -0.123. The fourth-order valence-electron chi connectivity index (χ4n) is 4.15. The minimum Gasteiger partial charge on any atom is -0.369 e. The fraction of sp³-hybridized carbons (Fsp3) is 0.381. The molecule has 4 rings (SSSR count). The van der Waals surface area contributed by atoms with Gasteiger partial charge in [-0.05, 0) is 55.2 Å². The number of nitrogens with zero attached hydrogens (tertiary/aromatic N) is 2. The second kappa shape index (κ2) is 8.99.